The fourth-order valence-corrected chi connectivity index (χ4v) is 6.16. The highest BCUT2D eigenvalue weighted by Crippen LogP contribution is 2.38. The Morgan fingerprint density at radius 2 is 1.64 bits per heavy atom. The van der Waals surface area contributed by atoms with E-state index in [4.69, 9.17) is 19.4 Å². The van der Waals surface area contributed by atoms with Crippen molar-refractivity contribution in [2.45, 2.75) is 13.8 Å². The number of likely N-dealkylation sites (N-methyl/N-ethyl adjacent to an activating group) is 1. The molecule has 39 heavy (non-hydrogen) atoms. The Balaban J connectivity index is 0.00000353. The normalized spacial score (nSPS) is 11.1. The smallest absolute Gasteiger partial charge is 0.260 e. The lowest BCUT2D eigenvalue weighted by Crippen LogP contribution is -2.39. The van der Waals surface area contributed by atoms with E-state index in [0.717, 1.165) is 51.3 Å². The number of anilines is 1. The van der Waals surface area contributed by atoms with Crippen molar-refractivity contribution in [1.82, 2.24) is 14.9 Å². The van der Waals surface area contributed by atoms with Gasteiger partial charge in [0.15, 0.2) is 16.6 Å². The van der Waals surface area contributed by atoms with E-state index in [1.165, 1.54) is 11.3 Å². The van der Waals surface area contributed by atoms with Gasteiger partial charge >= 0.3 is 0 Å². The van der Waals surface area contributed by atoms with Gasteiger partial charge in [0.2, 0.25) is 0 Å². The zero-order chi connectivity index (χ0) is 26.6. The van der Waals surface area contributed by atoms with Gasteiger partial charge in [-0.2, -0.15) is 0 Å². The monoisotopic (exact) mass is 582 g/mol. The molecule has 0 aliphatic heterocycles. The fourth-order valence-electron chi connectivity index (χ4n) is 4.47. The van der Waals surface area contributed by atoms with Crippen LogP contribution < -0.4 is 14.4 Å². The number of thiazole rings is 1. The number of benzene rings is 2. The van der Waals surface area contributed by atoms with E-state index in [1.807, 2.05) is 64.9 Å². The number of hydrogen-bond donors (Lipinski definition) is 0. The Hall–Kier alpha value is -3.24. The summed E-state index contributed by atoms with van der Waals surface area (Å²) in [5.41, 5.74) is 2.98. The molecule has 0 bridgehead atoms. The topological polar surface area (TPSA) is 67.8 Å². The zero-order valence-electron chi connectivity index (χ0n) is 22.3. The average Bonchev–Trinajstić information content (AvgIpc) is 3.64. The molecule has 2 aromatic carbocycles. The van der Waals surface area contributed by atoms with E-state index in [0.29, 0.717) is 28.7 Å². The molecule has 0 unspecified atom stereocenters. The zero-order valence-corrected chi connectivity index (χ0v) is 24.8. The van der Waals surface area contributed by atoms with E-state index in [-0.39, 0.29) is 18.3 Å². The molecule has 0 saturated heterocycles. The number of hydrogen-bond acceptors (Lipinski definition) is 8. The minimum Gasteiger partial charge on any atom is -0.493 e. The molecule has 0 fully saturated rings. The predicted octanol–water partition coefficient (Wildman–Crippen LogP) is 7.00. The molecule has 0 N–H and O–H groups in total. The highest BCUT2D eigenvalue weighted by Gasteiger charge is 2.25. The molecule has 0 atom stereocenters. The lowest BCUT2D eigenvalue weighted by atomic mass is 10.1. The minimum atomic E-state index is -0.0912. The molecule has 0 aliphatic rings. The molecule has 10 heteroatoms. The third kappa shape index (κ3) is 5.86. The van der Waals surface area contributed by atoms with Crippen molar-refractivity contribution in [2.75, 3.05) is 45.3 Å². The van der Waals surface area contributed by atoms with Gasteiger partial charge in [-0.15, -0.1) is 23.7 Å². The second-order valence-corrected chi connectivity index (χ2v) is 10.7. The van der Waals surface area contributed by atoms with Gasteiger partial charge in [-0.25, -0.2) is 9.97 Å². The van der Waals surface area contributed by atoms with Gasteiger partial charge in [0.25, 0.3) is 5.91 Å². The first-order valence-electron chi connectivity index (χ1n) is 12.6. The number of methoxy groups -OCH3 is 2. The largest absolute Gasteiger partial charge is 0.493 e. The van der Waals surface area contributed by atoms with Crippen LogP contribution in [0.25, 0.3) is 31.7 Å². The summed E-state index contributed by atoms with van der Waals surface area (Å²) in [5.74, 6) is 1.15. The SMILES string of the molecule is CCN(CC)CCN(C(=O)c1cc(-c2cccs2)nc2ccccc12)c1nc2cc(OC)c(OC)cc2s1.Cl. The second-order valence-electron chi connectivity index (χ2n) is 8.70. The molecule has 204 valence electrons. The number of thiophene rings is 1. The number of nitrogens with zero attached hydrogens (tertiary/aromatic N) is 4. The molecular weight excluding hydrogens is 552 g/mol. The van der Waals surface area contributed by atoms with Gasteiger partial charge in [-0.3, -0.25) is 9.69 Å². The molecular formula is C29H31ClN4O3S2. The van der Waals surface area contributed by atoms with Gasteiger partial charge in [-0.05, 0) is 36.7 Å². The first kappa shape index (κ1) is 28.8. The van der Waals surface area contributed by atoms with Crippen LogP contribution in [-0.4, -0.2) is 61.2 Å². The second kappa shape index (κ2) is 12.7. The molecule has 7 nitrogen and oxygen atoms in total. The molecule has 0 spiro atoms. The molecule has 5 aromatic rings. The maximum atomic E-state index is 14.4. The van der Waals surface area contributed by atoms with E-state index in [9.17, 15) is 4.79 Å². The van der Waals surface area contributed by atoms with Crippen LogP contribution in [-0.2, 0) is 0 Å². The van der Waals surface area contributed by atoms with Crippen LogP contribution in [0.4, 0.5) is 5.13 Å². The van der Waals surface area contributed by atoms with Gasteiger partial charge < -0.3 is 14.4 Å². The Kier molecular flexibility index (Phi) is 9.40. The van der Waals surface area contributed by atoms with E-state index < -0.39 is 0 Å². The Labute approximate surface area is 242 Å². The predicted molar refractivity (Wildman–Crippen MR) is 164 cm³/mol. The Morgan fingerprint density at radius 1 is 0.897 bits per heavy atom. The maximum absolute atomic E-state index is 14.4. The van der Waals surface area contributed by atoms with E-state index in [2.05, 4.69) is 18.7 Å². The summed E-state index contributed by atoms with van der Waals surface area (Å²) < 4.78 is 11.9. The van der Waals surface area contributed by atoms with Crippen LogP contribution in [0.3, 0.4) is 0 Å². The summed E-state index contributed by atoms with van der Waals surface area (Å²) in [6.07, 6.45) is 0. The van der Waals surface area contributed by atoms with Crippen LogP contribution in [0.15, 0.2) is 60.0 Å². The quantitative estimate of drug-likeness (QED) is 0.177. The number of pyridine rings is 1. The van der Waals surface area contributed by atoms with Crippen LogP contribution in [0.5, 0.6) is 11.5 Å². The van der Waals surface area contributed by atoms with Crippen LogP contribution >= 0.6 is 35.1 Å². The van der Waals surface area contributed by atoms with Gasteiger partial charge in [-0.1, -0.05) is 49.4 Å². The molecule has 0 radical (unpaired) electrons. The third-order valence-electron chi connectivity index (χ3n) is 6.61. The summed E-state index contributed by atoms with van der Waals surface area (Å²) in [4.78, 5) is 29.3. The van der Waals surface area contributed by atoms with Crippen molar-refractivity contribution in [3.63, 3.8) is 0 Å². The maximum Gasteiger partial charge on any atom is 0.260 e. The van der Waals surface area contributed by atoms with Crippen LogP contribution in [0.1, 0.15) is 24.2 Å². The van der Waals surface area contributed by atoms with Crippen molar-refractivity contribution in [3.8, 4) is 22.1 Å². The summed E-state index contributed by atoms with van der Waals surface area (Å²) >= 11 is 3.09. The Bertz CT molecular complexity index is 1530. The van der Waals surface area contributed by atoms with Crippen molar-refractivity contribution in [3.05, 3.63) is 65.5 Å². The summed E-state index contributed by atoms with van der Waals surface area (Å²) in [5, 5.41) is 3.49. The van der Waals surface area contributed by atoms with Crippen molar-refractivity contribution in [2.24, 2.45) is 0 Å². The fraction of sp³-hybridized carbons (Fsp3) is 0.276. The van der Waals surface area contributed by atoms with E-state index >= 15 is 0 Å². The van der Waals surface area contributed by atoms with Gasteiger partial charge in [0, 0.05) is 30.6 Å². The highest BCUT2D eigenvalue weighted by molar-refractivity contribution is 7.22. The summed E-state index contributed by atoms with van der Waals surface area (Å²) in [6, 6.07) is 17.5. The van der Waals surface area contributed by atoms with Crippen molar-refractivity contribution < 1.29 is 14.3 Å². The first-order valence-corrected chi connectivity index (χ1v) is 14.3. The minimum absolute atomic E-state index is 0. The lowest BCUT2D eigenvalue weighted by molar-refractivity contribution is 0.0985. The molecule has 5 rings (SSSR count). The number of fused-ring (bicyclic) bond motifs is 2. The summed E-state index contributed by atoms with van der Waals surface area (Å²) in [7, 11) is 3.22. The van der Waals surface area contributed by atoms with Gasteiger partial charge in [0.1, 0.15) is 0 Å². The highest BCUT2D eigenvalue weighted by atomic mass is 35.5. The summed E-state index contributed by atoms with van der Waals surface area (Å²) in [6.45, 7) is 7.34. The standard InChI is InChI=1S/C29H30N4O3S2.ClH/c1-5-32(6-2)13-14-33(29-31-23-17-24(35-3)25(36-4)18-27(23)38-29)28(34)20-16-22(26-12-9-15-37-26)30-21-11-8-7-10-19(20)21;/h7-12,15-18H,5-6,13-14H2,1-4H3;1H. The number of amides is 1. The average molecular weight is 583 g/mol. The first-order chi connectivity index (χ1) is 18.6. The number of carbonyl (C=O) groups is 1. The Morgan fingerprint density at radius 3 is 2.33 bits per heavy atom. The number of carbonyl (C=O) groups excluding carboxylic acids is 1. The number of aromatic nitrogens is 2. The molecule has 1 amide bonds. The third-order valence-corrected chi connectivity index (χ3v) is 8.55. The number of ether oxygens (including phenoxy) is 2. The van der Waals surface area contributed by atoms with Crippen LogP contribution in [0.2, 0.25) is 0 Å². The molecule has 3 aromatic heterocycles. The number of para-hydroxylation sites is 1. The van der Waals surface area contributed by atoms with Crippen LogP contribution in [0, 0.1) is 0 Å². The molecule has 3 heterocycles. The molecule has 0 saturated carbocycles. The lowest BCUT2D eigenvalue weighted by Gasteiger charge is -2.25. The number of halogens is 1. The number of rotatable bonds is 10. The van der Waals surface area contributed by atoms with Gasteiger partial charge in [0.05, 0.1) is 46.1 Å². The van der Waals surface area contributed by atoms with Crippen molar-refractivity contribution in [1.29, 1.82) is 0 Å². The molecule has 0 aliphatic carbocycles. The van der Waals surface area contributed by atoms with Crippen molar-refractivity contribution >= 4 is 67.2 Å². The van der Waals surface area contributed by atoms with E-state index in [1.54, 1.807) is 25.6 Å².